The first-order valence-corrected chi connectivity index (χ1v) is 9.84. The molecule has 1 atom stereocenters. The topological polar surface area (TPSA) is 77.1 Å². The van der Waals surface area contributed by atoms with Crippen molar-refractivity contribution < 1.29 is 23.8 Å². The largest absolute Gasteiger partial charge is 0.486 e. The number of hydrogen-bond acceptors (Lipinski definition) is 5. The van der Waals surface area contributed by atoms with Crippen LogP contribution < -0.4 is 24.4 Å². The first-order valence-electron chi connectivity index (χ1n) is 9.84. The molecule has 1 N–H and O–H groups in total. The van der Waals surface area contributed by atoms with Gasteiger partial charge in [-0.25, -0.2) is 0 Å². The Hall–Kier alpha value is -3.22. The fourth-order valence-electron chi connectivity index (χ4n) is 3.48. The van der Waals surface area contributed by atoms with Crippen molar-refractivity contribution in [2.24, 2.45) is 0 Å². The van der Waals surface area contributed by atoms with E-state index in [-0.39, 0.29) is 18.2 Å². The van der Waals surface area contributed by atoms with Crippen molar-refractivity contribution in [3.63, 3.8) is 0 Å². The molecule has 4 rings (SSSR count). The molecule has 0 saturated heterocycles. The van der Waals surface area contributed by atoms with Gasteiger partial charge in [0.15, 0.2) is 17.6 Å². The number of amides is 2. The van der Waals surface area contributed by atoms with E-state index in [1.165, 1.54) is 0 Å². The van der Waals surface area contributed by atoms with Gasteiger partial charge in [-0.1, -0.05) is 18.2 Å². The lowest BCUT2D eigenvalue weighted by atomic mass is 10.1. The highest BCUT2D eigenvalue weighted by molar-refractivity contribution is 6.00. The zero-order valence-electron chi connectivity index (χ0n) is 16.3. The highest BCUT2D eigenvalue weighted by Crippen LogP contribution is 2.33. The summed E-state index contributed by atoms with van der Waals surface area (Å²) in [6.45, 7) is 3.67. The Bertz CT molecular complexity index is 914. The lowest BCUT2D eigenvalue weighted by molar-refractivity contribution is -0.125. The smallest absolute Gasteiger partial charge is 0.267 e. The number of para-hydroxylation sites is 2. The van der Waals surface area contributed by atoms with Crippen molar-refractivity contribution in [1.82, 2.24) is 5.32 Å². The molecule has 0 fully saturated rings. The molecule has 2 aromatic rings. The Kier molecular flexibility index (Phi) is 5.55. The van der Waals surface area contributed by atoms with Crippen LogP contribution in [-0.2, 0) is 16.0 Å². The van der Waals surface area contributed by atoms with Gasteiger partial charge >= 0.3 is 0 Å². The van der Waals surface area contributed by atoms with E-state index in [0.29, 0.717) is 44.2 Å². The molecule has 29 heavy (non-hydrogen) atoms. The molecule has 7 heteroatoms. The molecule has 2 aliphatic heterocycles. The van der Waals surface area contributed by atoms with E-state index < -0.39 is 6.10 Å². The molecule has 152 valence electrons. The molecule has 0 unspecified atom stereocenters. The van der Waals surface area contributed by atoms with Crippen LogP contribution >= 0.6 is 0 Å². The van der Waals surface area contributed by atoms with Crippen molar-refractivity contribution >= 4 is 17.5 Å². The van der Waals surface area contributed by atoms with Crippen LogP contribution in [0.5, 0.6) is 17.2 Å². The number of carbonyl (C=O) groups excluding carboxylic acids is 2. The van der Waals surface area contributed by atoms with Crippen molar-refractivity contribution in [3.05, 3.63) is 48.0 Å². The van der Waals surface area contributed by atoms with Crippen LogP contribution in [0.15, 0.2) is 42.5 Å². The molecular weight excluding hydrogens is 372 g/mol. The minimum Gasteiger partial charge on any atom is -0.486 e. The Morgan fingerprint density at radius 1 is 1.10 bits per heavy atom. The van der Waals surface area contributed by atoms with Gasteiger partial charge < -0.3 is 24.4 Å². The quantitative estimate of drug-likeness (QED) is 0.811. The summed E-state index contributed by atoms with van der Waals surface area (Å²) < 4.78 is 16.7. The number of anilines is 1. The number of nitrogens with zero attached hydrogens (tertiary/aromatic N) is 1. The second-order valence-corrected chi connectivity index (χ2v) is 7.05. The minimum atomic E-state index is -0.553. The number of rotatable bonds is 6. The summed E-state index contributed by atoms with van der Waals surface area (Å²) >= 11 is 0. The van der Waals surface area contributed by atoms with Gasteiger partial charge in [0.05, 0.1) is 5.69 Å². The predicted molar refractivity (Wildman–Crippen MR) is 108 cm³/mol. The molecule has 2 aliphatic rings. The van der Waals surface area contributed by atoms with E-state index in [0.717, 1.165) is 17.1 Å². The summed E-state index contributed by atoms with van der Waals surface area (Å²) in [5.74, 6) is 1.95. The monoisotopic (exact) mass is 396 g/mol. The first kappa shape index (κ1) is 19.1. The standard InChI is InChI=1S/C22H24N2O5/c1-15-22(26)24(17-4-2-3-5-18(17)29-15)11-9-21(25)23-10-8-16-6-7-19-20(14-16)28-13-12-27-19/h2-7,14-15H,8-13H2,1H3,(H,23,25)/t15-/m1/s1. The van der Waals surface area contributed by atoms with Gasteiger partial charge in [-0.2, -0.15) is 0 Å². The average Bonchev–Trinajstić information content (AvgIpc) is 2.74. The molecule has 0 radical (unpaired) electrons. The van der Waals surface area contributed by atoms with Crippen LogP contribution in [0.3, 0.4) is 0 Å². The summed E-state index contributed by atoms with van der Waals surface area (Å²) in [6, 6.07) is 13.2. The van der Waals surface area contributed by atoms with Gasteiger partial charge in [0.2, 0.25) is 5.91 Å². The van der Waals surface area contributed by atoms with E-state index >= 15 is 0 Å². The van der Waals surface area contributed by atoms with E-state index in [9.17, 15) is 9.59 Å². The van der Waals surface area contributed by atoms with Gasteiger partial charge in [0, 0.05) is 19.5 Å². The summed E-state index contributed by atoms with van der Waals surface area (Å²) in [5, 5.41) is 2.92. The zero-order valence-corrected chi connectivity index (χ0v) is 16.3. The van der Waals surface area contributed by atoms with Gasteiger partial charge in [0.1, 0.15) is 19.0 Å². The second kappa shape index (κ2) is 8.43. The molecule has 2 aromatic carbocycles. The zero-order chi connectivity index (χ0) is 20.2. The van der Waals surface area contributed by atoms with Gasteiger partial charge in [-0.15, -0.1) is 0 Å². The number of hydrogen-bond donors (Lipinski definition) is 1. The van der Waals surface area contributed by atoms with Crippen LogP contribution in [0.1, 0.15) is 18.9 Å². The van der Waals surface area contributed by atoms with Gasteiger partial charge in [-0.3, -0.25) is 9.59 Å². The van der Waals surface area contributed by atoms with E-state index in [1.54, 1.807) is 11.8 Å². The first-order chi connectivity index (χ1) is 14.1. The molecule has 0 aromatic heterocycles. The molecule has 2 amide bonds. The second-order valence-electron chi connectivity index (χ2n) is 7.05. The SMILES string of the molecule is C[C@H]1Oc2ccccc2N(CCC(=O)NCCc2ccc3c(c2)OCCO3)C1=O. The van der Waals surface area contributed by atoms with Crippen molar-refractivity contribution in [1.29, 1.82) is 0 Å². The van der Waals surface area contributed by atoms with Crippen molar-refractivity contribution in [2.45, 2.75) is 25.9 Å². The van der Waals surface area contributed by atoms with Gasteiger partial charge in [0.25, 0.3) is 5.91 Å². The summed E-state index contributed by atoms with van der Waals surface area (Å²) in [7, 11) is 0. The Morgan fingerprint density at radius 3 is 2.76 bits per heavy atom. The Morgan fingerprint density at radius 2 is 1.90 bits per heavy atom. The lowest BCUT2D eigenvalue weighted by Crippen LogP contribution is -2.45. The maximum atomic E-state index is 12.5. The number of ether oxygens (including phenoxy) is 3. The highest BCUT2D eigenvalue weighted by Gasteiger charge is 2.31. The van der Waals surface area contributed by atoms with E-state index in [4.69, 9.17) is 14.2 Å². The third-order valence-corrected chi connectivity index (χ3v) is 4.98. The van der Waals surface area contributed by atoms with Crippen LogP contribution in [0.25, 0.3) is 0 Å². The maximum Gasteiger partial charge on any atom is 0.267 e. The molecule has 0 saturated carbocycles. The fraction of sp³-hybridized carbons (Fsp3) is 0.364. The van der Waals surface area contributed by atoms with Crippen LogP contribution in [0, 0.1) is 0 Å². The van der Waals surface area contributed by atoms with E-state index in [1.807, 2.05) is 42.5 Å². The predicted octanol–water partition coefficient (Wildman–Crippen LogP) is 2.32. The van der Waals surface area contributed by atoms with Crippen LogP contribution in [0.4, 0.5) is 5.69 Å². The average molecular weight is 396 g/mol. The number of benzene rings is 2. The van der Waals surface area contributed by atoms with E-state index in [2.05, 4.69) is 5.32 Å². The van der Waals surface area contributed by atoms with Crippen LogP contribution in [0.2, 0.25) is 0 Å². The van der Waals surface area contributed by atoms with Gasteiger partial charge in [-0.05, 0) is 43.2 Å². The lowest BCUT2D eigenvalue weighted by Gasteiger charge is -2.32. The number of nitrogens with one attached hydrogen (secondary N) is 1. The molecular formula is C22H24N2O5. The number of fused-ring (bicyclic) bond motifs is 2. The summed E-state index contributed by atoms with van der Waals surface area (Å²) in [4.78, 5) is 26.4. The summed E-state index contributed by atoms with van der Waals surface area (Å²) in [6.07, 6.45) is 0.371. The normalized spacial score (nSPS) is 17.3. The fourth-order valence-corrected chi connectivity index (χ4v) is 3.48. The maximum absolute atomic E-state index is 12.5. The Labute approximate surface area is 169 Å². The molecule has 2 heterocycles. The molecule has 0 aliphatic carbocycles. The third kappa shape index (κ3) is 4.29. The minimum absolute atomic E-state index is 0.0908. The number of carbonyl (C=O) groups is 2. The van der Waals surface area contributed by atoms with Crippen molar-refractivity contribution in [3.8, 4) is 17.2 Å². The molecule has 7 nitrogen and oxygen atoms in total. The molecule has 0 spiro atoms. The summed E-state index contributed by atoms with van der Waals surface area (Å²) in [5.41, 5.74) is 1.78. The third-order valence-electron chi connectivity index (χ3n) is 4.98. The Balaban J connectivity index is 1.28. The van der Waals surface area contributed by atoms with Crippen LogP contribution in [-0.4, -0.2) is 44.2 Å². The van der Waals surface area contributed by atoms with Crippen molar-refractivity contribution in [2.75, 3.05) is 31.2 Å². The highest BCUT2D eigenvalue weighted by atomic mass is 16.6. The molecule has 0 bridgehead atoms.